The average Bonchev–Trinajstić information content (AvgIpc) is 3.52. The Morgan fingerprint density at radius 1 is 1.09 bits per heavy atom. The maximum atomic E-state index is 13.4. The number of rotatable bonds is 16. The van der Waals surface area contributed by atoms with Crippen molar-refractivity contribution in [3.63, 3.8) is 0 Å². The van der Waals surface area contributed by atoms with Crippen LogP contribution in [0.15, 0.2) is 48.4 Å². The first-order chi connectivity index (χ1) is 16.9. The highest BCUT2D eigenvalue weighted by Gasteiger charge is 2.26. The van der Waals surface area contributed by atoms with Crippen molar-refractivity contribution in [2.75, 3.05) is 25.6 Å². The number of hydrogen-bond donors (Lipinski definition) is 0. The summed E-state index contributed by atoms with van der Waals surface area (Å²) in [7, 11) is -3.57. The van der Waals surface area contributed by atoms with E-state index >= 15 is 0 Å². The summed E-state index contributed by atoms with van der Waals surface area (Å²) in [6.07, 6.45) is 7.51. The summed E-state index contributed by atoms with van der Waals surface area (Å²) in [5.74, 6) is 1.14. The molecule has 0 saturated heterocycles. The second-order valence-corrected chi connectivity index (χ2v) is 11.8. The zero-order chi connectivity index (χ0) is 25.1. The van der Waals surface area contributed by atoms with Crippen LogP contribution in [0, 0.1) is 0 Å². The Labute approximate surface area is 213 Å². The van der Waals surface area contributed by atoms with Gasteiger partial charge in [-0.05, 0) is 35.6 Å². The van der Waals surface area contributed by atoms with Crippen LogP contribution in [0.2, 0.25) is 0 Å². The minimum absolute atomic E-state index is 0.0489. The number of carbonyl (C=O) groups is 1. The fourth-order valence-electron chi connectivity index (χ4n) is 3.95. The van der Waals surface area contributed by atoms with E-state index in [0.29, 0.717) is 31.0 Å². The molecule has 0 radical (unpaired) electrons. The molecule has 7 nitrogen and oxygen atoms in total. The Hall–Kier alpha value is -2.36. The highest BCUT2D eigenvalue weighted by Crippen LogP contribution is 2.33. The Morgan fingerprint density at radius 3 is 2.60 bits per heavy atom. The summed E-state index contributed by atoms with van der Waals surface area (Å²) < 4.78 is 38.2. The van der Waals surface area contributed by atoms with E-state index in [1.807, 2.05) is 35.7 Å². The lowest BCUT2D eigenvalue weighted by molar-refractivity contribution is -0.132. The fourth-order valence-corrected chi connectivity index (χ4v) is 6.13. The Balaban J connectivity index is 1.67. The van der Waals surface area contributed by atoms with Crippen LogP contribution < -0.4 is 9.47 Å². The fraction of sp³-hybridized carbons (Fsp3) is 0.500. The number of amides is 1. The molecule has 2 aromatic rings. The van der Waals surface area contributed by atoms with Gasteiger partial charge < -0.3 is 14.4 Å². The van der Waals surface area contributed by atoms with Crippen LogP contribution in [-0.4, -0.2) is 49.2 Å². The molecule has 9 heteroatoms. The van der Waals surface area contributed by atoms with E-state index in [4.69, 9.17) is 9.47 Å². The van der Waals surface area contributed by atoms with Gasteiger partial charge in [-0.1, -0.05) is 57.2 Å². The van der Waals surface area contributed by atoms with E-state index in [2.05, 4.69) is 13.5 Å². The van der Waals surface area contributed by atoms with Gasteiger partial charge in [0.15, 0.2) is 11.5 Å². The van der Waals surface area contributed by atoms with Crippen molar-refractivity contribution in [3.05, 3.63) is 58.8 Å². The molecule has 0 bridgehead atoms. The number of thiophene rings is 1. The van der Waals surface area contributed by atoms with Crippen LogP contribution in [0.1, 0.15) is 55.9 Å². The monoisotopic (exact) mass is 520 g/mol. The Morgan fingerprint density at radius 2 is 1.86 bits per heavy atom. The van der Waals surface area contributed by atoms with Gasteiger partial charge in [0, 0.05) is 18.0 Å². The lowest BCUT2D eigenvalue weighted by atomic mass is 10.1. The maximum Gasteiger partial charge on any atom is 0.238 e. The quantitative estimate of drug-likeness (QED) is 0.225. The second-order valence-electron chi connectivity index (χ2n) is 8.68. The van der Waals surface area contributed by atoms with Gasteiger partial charge in [-0.15, -0.1) is 17.9 Å². The molecule has 192 valence electrons. The van der Waals surface area contributed by atoms with Crippen molar-refractivity contribution in [3.8, 4) is 11.5 Å². The van der Waals surface area contributed by atoms with E-state index in [-0.39, 0.29) is 31.5 Å². The van der Waals surface area contributed by atoms with E-state index in [0.717, 1.165) is 36.1 Å². The summed E-state index contributed by atoms with van der Waals surface area (Å²) in [5.41, 5.74) is 0.893. The zero-order valence-electron chi connectivity index (χ0n) is 20.5. The number of hydrogen-bond acceptors (Lipinski definition) is 6. The van der Waals surface area contributed by atoms with E-state index in [1.54, 1.807) is 16.2 Å². The standard InChI is InChI=1S/C26H36N2O5S2/c1-3-5-6-7-8-9-16-35(30,31)28(14-4-2)20-26(29)27(19-23-11-10-15-34-23)18-22-12-13-24-25(17-22)33-21-32-24/h4,10-13,15,17H,2-3,5-9,14,16,18-21H2,1H3. The highest BCUT2D eigenvalue weighted by atomic mass is 32.2. The van der Waals surface area contributed by atoms with Gasteiger partial charge in [-0.3, -0.25) is 4.79 Å². The van der Waals surface area contributed by atoms with Crippen molar-refractivity contribution in [2.45, 2.75) is 58.5 Å². The number of fused-ring (bicyclic) bond motifs is 1. The summed E-state index contributed by atoms with van der Waals surface area (Å²) in [4.78, 5) is 16.1. The molecule has 0 saturated carbocycles. The predicted molar refractivity (Wildman–Crippen MR) is 140 cm³/mol. The third kappa shape index (κ3) is 8.37. The molecule has 0 spiro atoms. The van der Waals surface area contributed by atoms with Crippen LogP contribution in [0.3, 0.4) is 0 Å². The van der Waals surface area contributed by atoms with Crippen LogP contribution in [-0.2, 0) is 27.9 Å². The highest BCUT2D eigenvalue weighted by molar-refractivity contribution is 7.89. The van der Waals surface area contributed by atoms with E-state index in [1.165, 1.54) is 16.8 Å². The zero-order valence-corrected chi connectivity index (χ0v) is 22.1. The third-order valence-electron chi connectivity index (χ3n) is 5.88. The lowest BCUT2D eigenvalue weighted by Crippen LogP contribution is -2.43. The number of carbonyl (C=O) groups excluding carboxylic acids is 1. The molecular weight excluding hydrogens is 484 g/mol. The van der Waals surface area contributed by atoms with E-state index < -0.39 is 10.0 Å². The molecule has 1 aromatic carbocycles. The summed E-state index contributed by atoms with van der Waals surface area (Å²) in [6, 6.07) is 9.52. The summed E-state index contributed by atoms with van der Waals surface area (Å²) in [6.45, 7) is 6.69. The molecule has 0 fully saturated rings. The Bertz CT molecular complexity index is 1050. The van der Waals surface area contributed by atoms with Crippen LogP contribution in [0.4, 0.5) is 0 Å². The number of sulfonamides is 1. The predicted octanol–water partition coefficient (Wildman–Crippen LogP) is 5.18. The van der Waals surface area contributed by atoms with Gasteiger partial charge in [-0.2, -0.15) is 4.31 Å². The van der Waals surface area contributed by atoms with Gasteiger partial charge in [0.25, 0.3) is 0 Å². The molecule has 1 amide bonds. The first-order valence-electron chi connectivity index (χ1n) is 12.2. The molecule has 1 aromatic heterocycles. The Kier molecular flexibility index (Phi) is 10.6. The molecule has 3 rings (SSSR count). The van der Waals surface area contributed by atoms with Crippen molar-refractivity contribution >= 4 is 27.3 Å². The summed E-state index contributed by atoms with van der Waals surface area (Å²) >= 11 is 1.57. The molecule has 0 atom stereocenters. The minimum atomic E-state index is -3.57. The first kappa shape index (κ1) is 27.2. The van der Waals surface area contributed by atoms with Gasteiger partial charge in [0.2, 0.25) is 22.7 Å². The van der Waals surface area contributed by atoms with Crippen molar-refractivity contribution in [1.82, 2.24) is 9.21 Å². The third-order valence-corrected chi connectivity index (χ3v) is 8.61. The maximum absolute atomic E-state index is 13.4. The molecule has 0 N–H and O–H groups in total. The molecule has 1 aliphatic heterocycles. The number of benzene rings is 1. The second kappa shape index (κ2) is 13.7. The molecule has 0 unspecified atom stereocenters. The van der Waals surface area contributed by atoms with Crippen LogP contribution >= 0.6 is 11.3 Å². The van der Waals surface area contributed by atoms with Crippen molar-refractivity contribution < 1.29 is 22.7 Å². The number of ether oxygens (including phenoxy) is 2. The van der Waals surface area contributed by atoms with Gasteiger partial charge in [0.05, 0.1) is 18.8 Å². The minimum Gasteiger partial charge on any atom is -0.454 e. The number of unbranched alkanes of at least 4 members (excludes halogenated alkanes) is 5. The van der Waals surface area contributed by atoms with Gasteiger partial charge in [0.1, 0.15) is 0 Å². The topological polar surface area (TPSA) is 76.2 Å². The molecule has 2 heterocycles. The van der Waals surface area contributed by atoms with E-state index in [9.17, 15) is 13.2 Å². The molecule has 1 aliphatic rings. The normalized spacial score (nSPS) is 12.7. The number of nitrogens with zero attached hydrogens (tertiary/aromatic N) is 2. The van der Waals surface area contributed by atoms with Crippen molar-refractivity contribution in [1.29, 1.82) is 0 Å². The molecule has 0 aliphatic carbocycles. The molecule has 35 heavy (non-hydrogen) atoms. The van der Waals surface area contributed by atoms with Gasteiger partial charge in [-0.25, -0.2) is 8.42 Å². The van der Waals surface area contributed by atoms with Crippen LogP contribution in [0.25, 0.3) is 0 Å². The molecular formula is C26H36N2O5S2. The van der Waals surface area contributed by atoms with Gasteiger partial charge >= 0.3 is 0 Å². The smallest absolute Gasteiger partial charge is 0.238 e. The lowest BCUT2D eigenvalue weighted by Gasteiger charge is -2.27. The SMILES string of the molecule is C=CCN(CC(=O)N(Cc1ccc2c(c1)OCO2)Cc1cccs1)S(=O)(=O)CCCCCCCC. The largest absolute Gasteiger partial charge is 0.454 e. The first-order valence-corrected chi connectivity index (χ1v) is 14.7. The average molecular weight is 521 g/mol. The summed E-state index contributed by atoms with van der Waals surface area (Å²) in [5, 5.41) is 1.97. The van der Waals surface area contributed by atoms with Crippen LogP contribution in [0.5, 0.6) is 11.5 Å². The van der Waals surface area contributed by atoms with Crippen molar-refractivity contribution in [2.24, 2.45) is 0 Å².